The van der Waals surface area contributed by atoms with Crippen molar-refractivity contribution in [2.75, 3.05) is 26.2 Å². The van der Waals surface area contributed by atoms with Gasteiger partial charge in [-0.05, 0) is 66.5 Å². The Morgan fingerprint density at radius 2 is 1.79 bits per heavy atom. The smallest absolute Gasteiger partial charge is 0.246 e. The molecular weight excluding hydrogens is 432 g/mol. The van der Waals surface area contributed by atoms with Crippen LogP contribution in [-0.2, 0) is 14.9 Å². The number of hydrogen-bond donors (Lipinski definition) is 1. The average molecular weight is 465 g/mol. The van der Waals surface area contributed by atoms with Gasteiger partial charge in [0.05, 0.1) is 6.10 Å². The van der Waals surface area contributed by atoms with Crippen LogP contribution in [0.4, 0.5) is 0 Å². The molecule has 2 bridgehead atoms. The molecule has 0 radical (unpaired) electrons. The Bertz CT molecular complexity index is 1040. The number of fused-ring (bicyclic) bond motifs is 8. The molecule has 4 aliphatic rings. The predicted molar refractivity (Wildman–Crippen MR) is 131 cm³/mol. The number of ether oxygens (including phenoxy) is 1. The first kappa shape index (κ1) is 21.6. The van der Waals surface area contributed by atoms with Gasteiger partial charge in [-0.3, -0.25) is 4.79 Å². The van der Waals surface area contributed by atoms with Crippen molar-refractivity contribution < 1.29 is 9.53 Å². The van der Waals surface area contributed by atoms with Gasteiger partial charge in [-0.15, -0.1) is 0 Å². The number of nitrogens with one attached hydrogen (secondary N) is 1. The minimum absolute atomic E-state index is 0.0344. The normalized spacial score (nSPS) is 27.0. The van der Waals surface area contributed by atoms with Gasteiger partial charge in [-0.2, -0.15) is 0 Å². The van der Waals surface area contributed by atoms with Crippen LogP contribution in [0.25, 0.3) is 0 Å². The molecule has 33 heavy (non-hydrogen) atoms. The molecule has 2 aromatic carbocycles. The lowest BCUT2D eigenvalue weighted by molar-refractivity contribution is -0.128. The zero-order chi connectivity index (χ0) is 22.4. The second-order valence-corrected chi connectivity index (χ2v) is 10.9. The number of nitrogens with zero attached hydrogens (tertiary/aromatic N) is 1. The van der Waals surface area contributed by atoms with Crippen molar-refractivity contribution in [3.63, 3.8) is 0 Å². The van der Waals surface area contributed by atoms with Crippen molar-refractivity contribution in [1.29, 1.82) is 0 Å². The van der Waals surface area contributed by atoms with Gasteiger partial charge < -0.3 is 15.0 Å². The van der Waals surface area contributed by atoms with Crippen molar-refractivity contribution in [3.05, 3.63) is 69.7 Å². The van der Waals surface area contributed by atoms with Crippen LogP contribution in [-0.4, -0.2) is 49.2 Å². The van der Waals surface area contributed by atoms with Crippen LogP contribution in [0, 0.1) is 0 Å². The maximum absolute atomic E-state index is 12.4. The maximum atomic E-state index is 12.4. The summed E-state index contributed by atoms with van der Waals surface area (Å²) in [7, 11) is 0. The van der Waals surface area contributed by atoms with Crippen molar-refractivity contribution in [2.45, 2.75) is 68.4 Å². The molecule has 2 aromatic rings. The van der Waals surface area contributed by atoms with E-state index in [0.717, 1.165) is 56.8 Å². The average Bonchev–Trinajstić information content (AvgIpc) is 3.53. The minimum Gasteiger partial charge on any atom is -0.368 e. The van der Waals surface area contributed by atoms with Crippen LogP contribution < -0.4 is 5.32 Å². The lowest BCUT2D eigenvalue weighted by Crippen LogP contribution is -2.49. The Morgan fingerprint density at radius 3 is 2.61 bits per heavy atom. The summed E-state index contributed by atoms with van der Waals surface area (Å²) in [5.74, 6) is 0.538. The van der Waals surface area contributed by atoms with Crippen LogP contribution in [0.15, 0.2) is 42.5 Å². The summed E-state index contributed by atoms with van der Waals surface area (Å²) in [4.78, 5) is 15.0. The minimum atomic E-state index is 0.0344. The van der Waals surface area contributed by atoms with E-state index in [1.165, 1.54) is 35.1 Å². The van der Waals surface area contributed by atoms with E-state index in [-0.39, 0.29) is 30.1 Å². The maximum Gasteiger partial charge on any atom is 0.246 e. The molecule has 174 valence electrons. The van der Waals surface area contributed by atoms with E-state index in [9.17, 15) is 4.79 Å². The van der Waals surface area contributed by atoms with E-state index in [1.54, 1.807) is 0 Å². The molecule has 2 unspecified atom stereocenters. The van der Waals surface area contributed by atoms with Gasteiger partial charge in [0.2, 0.25) is 5.91 Å². The largest absolute Gasteiger partial charge is 0.368 e. The summed E-state index contributed by atoms with van der Waals surface area (Å²) in [5, 5.41) is 4.05. The van der Waals surface area contributed by atoms with Gasteiger partial charge in [0.25, 0.3) is 0 Å². The molecule has 0 aromatic heterocycles. The lowest BCUT2D eigenvalue weighted by Gasteiger charge is -2.40. The molecule has 1 aliphatic heterocycles. The van der Waals surface area contributed by atoms with Crippen molar-refractivity contribution in [1.82, 2.24) is 10.2 Å². The quantitative estimate of drug-likeness (QED) is 0.653. The third-order valence-corrected chi connectivity index (χ3v) is 8.74. The summed E-state index contributed by atoms with van der Waals surface area (Å²) in [6, 6.07) is 15.8. The highest BCUT2D eigenvalue weighted by Gasteiger charge is 2.53. The zero-order valence-electron chi connectivity index (χ0n) is 19.2. The summed E-state index contributed by atoms with van der Waals surface area (Å²) < 4.78 is 5.79. The van der Waals surface area contributed by atoms with Crippen LogP contribution in [0.1, 0.15) is 73.1 Å². The molecule has 4 nitrogen and oxygen atoms in total. The number of likely N-dealkylation sites (tertiary alicyclic amines) is 1. The highest BCUT2D eigenvalue weighted by atomic mass is 35.5. The Balaban J connectivity index is 1.11. The summed E-state index contributed by atoms with van der Waals surface area (Å²) in [5.41, 5.74) is 5.91. The number of piperidine rings is 1. The Hall–Kier alpha value is -1.88. The fraction of sp³-hybridized carbons (Fsp3) is 0.536. The lowest BCUT2D eigenvalue weighted by atomic mass is 9.74. The molecule has 5 heteroatoms. The van der Waals surface area contributed by atoms with Crippen LogP contribution >= 0.6 is 11.6 Å². The SMILES string of the molecule is O=C(COC1CCCC1)NC1CCN(CC23CC(c4ccccc42)c2ccc(Cl)cc23)CC1. The number of rotatable bonds is 6. The van der Waals surface area contributed by atoms with Crippen molar-refractivity contribution >= 4 is 17.5 Å². The van der Waals surface area contributed by atoms with Gasteiger partial charge in [-0.1, -0.05) is 54.8 Å². The molecule has 1 saturated carbocycles. The second-order valence-electron chi connectivity index (χ2n) is 10.5. The van der Waals surface area contributed by atoms with E-state index >= 15 is 0 Å². The summed E-state index contributed by atoms with van der Waals surface area (Å²) >= 11 is 6.46. The molecule has 1 N–H and O–H groups in total. The molecule has 2 fully saturated rings. The highest BCUT2D eigenvalue weighted by molar-refractivity contribution is 6.30. The Kier molecular flexibility index (Phi) is 5.72. The van der Waals surface area contributed by atoms with E-state index < -0.39 is 0 Å². The predicted octanol–water partition coefficient (Wildman–Crippen LogP) is 5.01. The Morgan fingerprint density at radius 1 is 1.03 bits per heavy atom. The topological polar surface area (TPSA) is 41.6 Å². The monoisotopic (exact) mass is 464 g/mol. The van der Waals surface area contributed by atoms with Gasteiger partial charge >= 0.3 is 0 Å². The second kappa shape index (κ2) is 8.72. The molecule has 1 heterocycles. The van der Waals surface area contributed by atoms with Crippen LogP contribution in [0.3, 0.4) is 0 Å². The van der Waals surface area contributed by atoms with Gasteiger partial charge in [-0.25, -0.2) is 0 Å². The van der Waals surface area contributed by atoms with E-state index in [1.807, 2.05) is 6.07 Å². The number of hydrogen-bond acceptors (Lipinski definition) is 3. The number of carbonyl (C=O) groups is 1. The first-order chi connectivity index (χ1) is 16.1. The molecule has 1 amide bonds. The molecule has 6 rings (SSSR count). The number of carbonyl (C=O) groups excluding carboxylic acids is 1. The van der Waals surface area contributed by atoms with E-state index in [2.05, 4.69) is 46.6 Å². The van der Waals surface area contributed by atoms with E-state index in [0.29, 0.717) is 5.92 Å². The zero-order valence-corrected chi connectivity index (χ0v) is 19.9. The first-order valence-electron chi connectivity index (χ1n) is 12.6. The molecular formula is C28H33ClN2O2. The highest BCUT2D eigenvalue weighted by Crippen LogP contribution is 2.60. The van der Waals surface area contributed by atoms with Gasteiger partial charge in [0.1, 0.15) is 6.61 Å². The van der Waals surface area contributed by atoms with Crippen LogP contribution in [0.5, 0.6) is 0 Å². The number of halogens is 1. The molecule has 2 atom stereocenters. The third-order valence-electron chi connectivity index (χ3n) is 8.51. The molecule has 0 spiro atoms. The fourth-order valence-electron chi connectivity index (χ4n) is 6.95. The number of amides is 1. The van der Waals surface area contributed by atoms with Crippen molar-refractivity contribution in [3.8, 4) is 0 Å². The molecule has 3 aliphatic carbocycles. The Labute approximate surface area is 201 Å². The summed E-state index contributed by atoms with van der Waals surface area (Å²) in [6.07, 6.45) is 8.10. The fourth-order valence-corrected chi connectivity index (χ4v) is 7.13. The van der Waals surface area contributed by atoms with Crippen LogP contribution in [0.2, 0.25) is 5.02 Å². The summed E-state index contributed by atoms with van der Waals surface area (Å²) in [6.45, 7) is 3.26. The first-order valence-corrected chi connectivity index (χ1v) is 13.0. The molecule has 1 saturated heterocycles. The standard InChI is InChI=1S/C28H33ClN2O2/c29-19-9-10-23-24-16-28(26(23)15-19,25-8-4-3-7-22(24)25)18-31-13-11-20(12-14-31)30-27(32)17-33-21-5-1-2-6-21/h3-4,7-10,15,20-21,24H,1-2,5-6,11-14,16-18H2,(H,30,32). The number of benzene rings is 2. The third kappa shape index (κ3) is 3.90. The van der Waals surface area contributed by atoms with Crippen molar-refractivity contribution in [2.24, 2.45) is 0 Å². The van der Waals surface area contributed by atoms with Gasteiger partial charge in [0, 0.05) is 42.0 Å². The van der Waals surface area contributed by atoms with Gasteiger partial charge in [0.15, 0.2) is 0 Å². The van der Waals surface area contributed by atoms with E-state index in [4.69, 9.17) is 16.3 Å².